The number of benzene rings is 1. The molecule has 2 aromatic rings. The second-order valence-corrected chi connectivity index (χ2v) is 4.07. The van der Waals surface area contributed by atoms with Crippen LogP contribution < -0.4 is 5.56 Å². The van der Waals surface area contributed by atoms with Crippen molar-refractivity contribution in [3.8, 4) is 0 Å². The highest BCUT2D eigenvalue weighted by molar-refractivity contribution is 9.08. The molecule has 0 spiro atoms. The zero-order chi connectivity index (χ0) is 9.26. The van der Waals surface area contributed by atoms with Crippen LogP contribution in [0.1, 0.15) is 5.56 Å². The van der Waals surface area contributed by atoms with E-state index in [0.717, 1.165) is 15.6 Å². The van der Waals surface area contributed by atoms with E-state index in [1.807, 2.05) is 18.2 Å². The Balaban J connectivity index is 2.82. The average molecular weight is 256 g/mol. The quantitative estimate of drug-likeness (QED) is 0.734. The van der Waals surface area contributed by atoms with Gasteiger partial charge in [-0.3, -0.25) is 4.79 Å². The lowest BCUT2D eigenvalue weighted by Crippen LogP contribution is -2.03. The molecule has 0 aliphatic carbocycles. The molecule has 2 nitrogen and oxygen atoms in total. The van der Waals surface area contributed by atoms with E-state index in [0.29, 0.717) is 5.39 Å². The van der Waals surface area contributed by atoms with Gasteiger partial charge in [-0.1, -0.05) is 22.0 Å². The smallest absolute Gasteiger partial charge is 0.267 e. The molecular weight excluding hydrogens is 250 g/mol. The van der Waals surface area contributed by atoms with Gasteiger partial charge >= 0.3 is 0 Å². The number of fused-ring (bicyclic) bond motifs is 1. The largest absolute Gasteiger partial charge is 0.279 e. The third kappa shape index (κ3) is 1.64. The zero-order valence-electron chi connectivity index (χ0n) is 6.66. The normalized spacial score (nSPS) is 10.5. The molecule has 0 unspecified atom stereocenters. The van der Waals surface area contributed by atoms with Gasteiger partial charge in [0, 0.05) is 10.0 Å². The Kier molecular flexibility index (Phi) is 2.42. The summed E-state index contributed by atoms with van der Waals surface area (Å²) in [7, 11) is 0. The maximum atomic E-state index is 11.3. The van der Waals surface area contributed by atoms with E-state index >= 15 is 0 Å². The molecule has 0 radical (unpaired) electrons. The van der Waals surface area contributed by atoms with Gasteiger partial charge in [0.1, 0.15) is 0 Å². The number of hydrogen-bond donors (Lipinski definition) is 0. The first-order chi connectivity index (χ1) is 6.31. The summed E-state index contributed by atoms with van der Waals surface area (Å²) in [5.74, 6) is 0. The predicted octanol–water partition coefficient (Wildman–Crippen LogP) is 2.55. The molecule has 0 saturated carbocycles. The summed E-state index contributed by atoms with van der Waals surface area (Å²) in [6.07, 6.45) is 0. The van der Waals surface area contributed by atoms with E-state index in [1.165, 1.54) is 11.3 Å². The topological polar surface area (TPSA) is 30.0 Å². The summed E-state index contributed by atoms with van der Waals surface area (Å²) in [6.45, 7) is 0. The molecule has 1 aromatic carbocycles. The summed E-state index contributed by atoms with van der Waals surface area (Å²) in [5, 5.41) is 1.48. The Morgan fingerprint density at radius 2 is 2.31 bits per heavy atom. The van der Waals surface area contributed by atoms with Crippen molar-refractivity contribution >= 4 is 37.4 Å². The Hall–Kier alpha value is -0.740. The second-order valence-electron chi connectivity index (χ2n) is 2.62. The summed E-state index contributed by atoms with van der Waals surface area (Å²) < 4.78 is 0.990. The van der Waals surface area contributed by atoms with E-state index in [2.05, 4.69) is 20.9 Å². The molecule has 0 aliphatic heterocycles. The predicted molar refractivity (Wildman–Crippen MR) is 58.5 cm³/mol. The highest BCUT2D eigenvalue weighted by atomic mass is 79.9. The third-order valence-electron chi connectivity index (χ3n) is 1.78. The van der Waals surface area contributed by atoms with Crippen molar-refractivity contribution in [3.63, 3.8) is 0 Å². The van der Waals surface area contributed by atoms with Gasteiger partial charge in [0.25, 0.3) is 5.56 Å². The van der Waals surface area contributed by atoms with Crippen LogP contribution >= 0.6 is 27.3 Å². The van der Waals surface area contributed by atoms with Crippen LogP contribution in [-0.4, -0.2) is 4.98 Å². The lowest BCUT2D eigenvalue weighted by atomic mass is 10.2. The number of rotatable bonds is 1. The van der Waals surface area contributed by atoms with Gasteiger partial charge in [0.05, 0.1) is 10.9 Å². The van der Waals surface area contributed by atoms with Crippen LogP contribution in [0.3, 0.4) is 0 Å². The molecule has 0 bridgehead atoms. The molecular formula is C9H6BrNOS. The summed E-state index contributed by atoms with van der Waals surface area (Å²) in [5.41, 5.74) is 2.54. The molecule has 0 N–H and O–H groups in total. The first-order valence-electron chi connectivity index (χ1n) is 3.73. The van der Waals surface area contributed by atoms with Gasteiger partial charge in [-0.05, 0) is 17.7 Å². The zero-order valence-corrected chi connectivity index (χ0v) is 9.06. The number of nitrogens with zero attached hydrogens (tertiary/aromatic N) is 1. The SMILES string of the molecule is O=c1ncsc2ccc(CBr)cc12. The van der Waals surface area contributed by atoms with Crippen LogP contribution in [0, 0.1) is 0 Å². The van der Waals surface area contributed by atoms with Gasteiger partial charge in [0.2, 0.25) is 0 Å². The van der Waals surface area contributed by atoms with Crippen LogP contribution in [0.15, 0.2) is 28.5 Å². The van der Waals surface area contributed by atoms with Gasteiger partial charge < -0.3 is 0 Å². The van der Waals surface area contributed by atoms with E-state index in [1.54, 1.807) is 5.51 Å². The van der Waals surface area contributed by atoms with Gasteiger partial charge in [-0.25, -0.2) is 4.98 Å². The van der Waals surface area contributed by atoms with Crippen molar-refractivity contribution in [2.24, 2.45) is 0 Å². The Morgan fingerprint density at radius 3 is 3.08 bits per heavy atom. The van der Waals surface area contributed by atoms with E-state index in [4.69, 9.17) is 0 Å². The highest BCUT2D eigenvalue weighted by Gasteiger charge is 1.99. The van der Waals surface area contributed by atoms with Crippen molar-refractivity contribution < 1.29 is 0 Å². The third-order valence-corrected chi connectivity index (χ3v) is 3.25. The van der Waals surface area contributed by atoms with Crippen molar-refractivity contribution in [2.75, 3.05) is 0 Å². The maximum Gasteiger partial charge on any atom is 0.279 e. The molecule has 0 amide bonds. The first kappa shape index (κ1) is 8.84. The van der Waals surface area contributed by atoms with Gasteiger partial charge in [-0.2, -0.15) is 0 Å². The van der Waals surface area contributed by atoms with Gasteiger partial charge in [-0.15, -0.1) is 11.3 Å². The summed E-state index contributed by atoms with van der Waals surface area (Å²) >= 11 is 4.83. The fourth-order valence-corrected chi connectivity index (χ4v) is 2.16. The van der Waals surface area contributed by atoms with E-state index in [9.17, 15) is 4.79 Å². The summed E-state index contributed by atoms with van der Waals surface area (Å²) in [4.78, 5) is 15.1. The number of aromatic nitrogens is 1. The van der Waals surface area contributed by atoms with Crippen LogP contribution in [0.2, 0.25) is 0 Å². The minimum Gasteiger partial charge on any atom is -0.267 e. The first-order valence-corrected chi connectivity index (χ1v) is 5.74. The second kappa shape index (κ2) is 3.55. The molecule has 0 aliphatic rings. The van der Waals surface area contributed by atoms with Crippen molar-refractivity contribution in [1.29, 1.82) is 0 Å². The molecule has 13 heavy (non-hydrogen) atoms. The summed E-state index contributed by atoms with van der Waals surface area (Å²) in [6, 6.07) is 5.85. The molecule has 0 atom stereocenters. The van der Waals surface area contributed by atoms with Crippen LogP contribution in [0.5, 0.6) is 0 Å². The average Bonchev–Trinajstić information content (AvgIpc) is 2.18. The van der Waals surface area contributed by atoms with Crippen molar-refractivity contribution in [1.82, 2.24) is 4.98 Å². The Bertz CT molecular complexity index is 494. The monoisotopic (exact) mass is 255 g/mol. The molecule has 0 fully saturated rings. The molecule has 2 rings (SSSR count). The van der Waals surface area contributed by atoms with Gasteiger partial charge in [0.15, 0.2) is 0 Å². The molecule has 66 valence electrons. The van der Waals surface area contributed by atoms with Crippen LogP contribution in [0.25, 0.3) is 10.1 Å². The number of alkyl halides is 1. The molecule has 1 heterocycles. The standard InChI is InChI=1S/C9H6BrNOS/c10-4-6-1-2-8-7(3-6)9(12)11-5-13-8/h1-3,5H,4H2. The van der Waals surface area contributed by atoms with Crippen LogP contribution in [0.4, 0.5) is 0 Å². The van der Waals surface area contributed by atoms with Crippen molar-refractivity contribution in [2.45, 2.75) is 5.33 Å². The minimum atomic E-state index is -0.142. The number of hydrogen-bond acceptors (Lipinski definition) is 3. The lowest BCUT2D eigenvalue weighted by Gasteiger charge is -1.97. The maximum absolute atomic E-state index is 11.3. The highest BCUT2D eigenvalue weighted by Crippen LogP contribution is 2.16. The van der Waals surface area contributed by atoms with Crippen molar-refractivity contribution in [3.05, 3.63) is 39.6 Å². The Labute approximate surface area is 87.4 Å². The van der Waals surface area contributed by atoms with E-state index < -0.39 is 0 Å². The molecule has 4 heteroatoms. The fourth-order valence-electron chi connectivity index (χ4n) is 1.13. The number of halogens is 1. The van der Waals surface area contributed by atoms with Crippen LogP contribution in [-0.2, 0) is 5.33 Å². The fraction of sp³-hybridized carbons (Fsp3) is 0.111. The molecule has 1 aromatic heterocycles. The Morgan fingerprint density at radius 1 is 1.46 bits per heavy atom. The molecule has 0 saturated heterocycles. The van der Waals surface area contributed by atoms with E-state index in [-0.39, 0.29) is 5.56 Å². The lowest BCUT2D eigenvalue weighted by molar-refractivity contribution is 1.31. The minimum absolute atomic E-state index is 0.142.